The van der Waals surface area contributed by atoms with Crippen LogP contribution in [0.3, 0.4) is 0 Å². The van der Waals surface area contributed by atoms with E-state index in [0.717, 1.165) is 49.4 Å². The van der Waals surface area contributed by atoms with Crippen LogP contribution in [0.4, 0.5) is 11.4 Å². The number of rotatable bonds is 6. The predicted octanol–water partition coefficient (Wildman–Crippen LogP) is 4.10. The average molecular weight is 422 g/mol. The number of ether oxygens (including phenoxy) is 1. The summed E-state index contributed by atoms with van der Waals surface area (Å²) in [5.74, 6) is 0.964. The highest BCUT2D eigenvalue weighted by atomic mass is 16.5. The van der Waals surface area contributed by atoms with Crippen molar-refractivity contribution in [1.29, 1.82) is 0 Å². The van der Waals surface area contributed by atoms with Crippen LogP contribution < -0.4 is 15.0 Å². The number of amides is 2. The van der Waals surface area contributed by atoms with Crippen molar-refractivity contribution < 1.29 is 14.3 Å². The van der Waals surface area contributed by atoms with Gasteiger partial charge in [0.2, 0.25) is 5.91 Å². The van der Waals surface area contributed by atoms with E-state index in [-0.39, 0.29) is 17.9 Å². The molecule has 4 rings (SSSR count). The summed E-state index contributed by atoms with van der Waals surface area (Å²) in [5, 5.41) is 3.35. The second-order valence-corrected chi connectivity index (χ2v) is 8.25. The van der Waals surface area contributed by atoms with Gasteiger partial charge in [-0.15, -0.1) is 0 Å². The van der Waals surface area contributed by atoms with Crippen molar-refractivity contribution in [3.63, 3.8) is 0 Å². The Balaban J connectivity index is 1.47. The Labute approximate surface area is 184 Å². The predicted molar refractivity (Wildman–Crippen MR) is 123 cm³/mol. The molecule has 0 atom stereocenters. The molecule has 1 fully saturated rings. The van der Waals surface area contributed by atoms with Gasteiger partial charge >= 0.3 is 0 Å². The molecule has 2 aliphatic rings. The lowest BCUT2D eigenvalue weighted by Crippen LogP contribution is -2.50. The number of anilines is 2. The van der Waals surface area contributed by atoms with E-state index < -0.39 is 0 Å². The van der Waals surface area contributed by atoms with E-state index in [1.807, 2.05) is 46.2 Å². The summed E-state index contributed by atoms with van der Waals surface area (Å²) in [6.45, 7) is 4.19. The molecule has 31 heavy (non-hydrogen) atoms. The molecular formula is C25H31N3O3. The first-order valence-corrected chi connectivity index (χ1v) is 11.2. The molecule has 0 bridgehead atoms. The monoisotopic (exact) mass is 421 g/mol. The standard InChI is InChI=1S/C25H31N3O3/c1-3-14-26-22-17-20(31-2)9-10-21(22)25(30)27-15-12-19(13-16-27)28-23-7-5-4-6-18(23)8-11-24(28)29/h4-7,9-10,17,19,26H,3,8,11-16H2,1-2H3. The molecule has 2 heterocycles. The van der Waals surface area contributed by atoms with Gasteiger partial charge in [-0.3, -0.25) is 9.59 Å². The summed E-state index contributed by atoms with van der Waals surface area (Å²) >= 11 is 0. The van der Waals surface area contributed by atoms with Gasteiger partial charge in [0.25, 0.3) is 5.91 Å². The molecule has 0 unspecified atom stereocenters. The minimum atomic E-state index is 0.0325. The quantitative estimate of drug-likeness (QED) is 0.763. The molecule has 1 saturated heterocycles. The number of nitrogens with one attached hydrogen (secondary N) is 1. The van der Waals surface area contributed by atoms with Gasteiger partial charge in [-0.2, -0.15) is 0 Å². The maximum Gasteiger partial charge on any atom is 0.255 e. The number of nitrogens with zero attached hydrogens (tertiary/aromatic N) is 2. The lowest BCUT2D eigenvalue weighted by molar-refractivity contribution is -0.119. The number of aryl methyl sites for hydroxylation is 1. The molecule has 0 aromatic heterocycles. The van der Waals surface area contributed by atoms with E-state index in [1.54, 1.807) is 7.11 Å². The minimum Gasteiger partial charge on any atom is -0.497 e. The molecule has 0 radical (unpaired) electrons. The van der Waals surface area contributed by atoms with Crippen LogP contribution in [0.25, 0.3) is 0 Å². The molecular weight excluding hydrogens is 390 g/mol. The lowest BCUT2D eigenvalue weighted by Gasteiger charge is -2.41. The zero-order valence-electron chi connectivity index (χ0n) is 18.4. The number of carbonyl (C=O) groups is 2. The first-order valence-electron chi connectivity index (χ1n) is 11.2. The van der Waals surface area contributed by atoms with E-state index in [9.17, 15) is 9.59 Å². The maximum absolute atomic E-state index is 13.3. The third-order valence-electron chi connectivity index (χ3n) is 6.27. The Morgan fingerprint density at radius 2 is 1.90 bits per heavy atom. The van der Waals surface area contributed by atoms with Crippen molar-refractivity contribution in [1.82, 2.24) is 4.90 Å². The minimum absolute atomic E-state index is 0.0325. The molecule has 1 N–H and O–H groups in total. The Morgan fingerprint density at radius 3 is 2.65 bits per heavy atom. The number of methoxy groups -OCH3 is 1. The Hall–Kier alpha value is -3.02. The van der Waals surface area contributed by atoms with Crippen molar-refractivity contribution in [3.8, 4) is 5.75 Å². The van der Waals surface area contributed by atoms with Crippen molar-refractivity contribution in [2.45, 2.75) is 45.1 Å². The molecule has 0 spiro atoms. The fourth-order valence-corrected chi connectivity index (χ4v) is 4.59. The molecule has 2 aromatic rings. The third-order valence-corrected chi connectivity index (χ3v) is 6.27. The first-order chi connectivity index (χ1) is 15.1. The summed E-state index contributed by atoms with van der Waals surface area (Å²) in [4.78, 5) is 29.9. The van der Waals surface area contributed by atoms with Crippen LogP contribution in [-0.2, 0) is 11.2 Å². The van der Waals surface area contributed by atoms with Gasteiger partial charge in [-0.25, -0.2) is 0 Å². The highest BCUT2D eigenvalue weighted by molar-refractivity contribution is 6.00. The summed E-state index contributed by atoms with van der Waals surface area (Å²) in [7, 11) is 1.63. The van der Waals surface area contributed by atoms with Gasteiger partial charge in [0.05, 0.1) is 18.4 Å². The van der Waals surface area contributed by atoms with Crippen LogP contribution >= 0.6 is 0 Å². The SMILES string of the molecule is CCCNc1cc(OC)ccc1C(=O)N1CCC(N2C(=O)CCc3ccccc32)CC1. The van der Waals surface area contributed by atoms with Crippen LogP contribution in [0.15, 0.2) is 42.5 Å². The van der Waals surface area contributed by atoms with E-state index in [4.69, 9.17) is 4.74 Å². The van der Waals surface area contributed by atoms with E-state index in [1.165, 1.54) is 5.56 Å². The number of benzene rings is 2. The highest BCUT2D eigenvalue weighted by Gasteiger charge is 2.34. The summed E-state index contributed by atoms with van der Waals surface area (Å²) in [5.41, 5.74) is 3.77. The van der Waals surface area contributed by atoms with Crippen LogP contribution in [0.1, 0.15) is 48.5 Å². The largest absolute Gasteiger partial charge is 0.497 e. The highest BCUT2D eigenvalue weighted by Crippen LogP contribution is 2.33. The van der Waals surface area contributed by atoms with Gasteiger partial charge in [0.1, 0.15) is 5.75 Å². The molecule has 2 aromatic carbocycles. The van der Waals surface area contributed by atoms with Gasteiger partial charge < -0.3 is 19.9 Å². The number of piperidine rings is 1. The molecule has 6 heteroatoms. The fourth-order valence-electron chi connectivity index (χ4n) is 4.59. The van der Waals surface area contributed by atoms with E-state index in [0.29, 0.717) is 25.1 Å². The maximum atomic E-state index is 13.3. The van der Waals surface area contributed by atoms with E-state index >= 15 is 0 Å². The molecule has 0 aliphatic carbocycles. The number of carbonyl (C=O) groups excluding carboxylic acids is 2. The van der Waals surface area contributed by atoms with Crippen LogP contribution in [0, 0.1) is 0 Å². The van der Waals surface area contributed by atoms with Crippen LogP contribution in [0.2, 0.25) is 0 Å². The number of hydrogen-bond donors (Lipinski definition) is 1. The number of fused-ring (bicyclic) bond motifs is 1. The van der Waals surface area contributed by atoms with Crippen molar-refractivity contribution in [2.24, 2.45) is 0 Å². The smallest absolute Gasteiger partial charge is 0.255 e. The number of likely N-dealkylation sites (tertiary alicyclic amines) is 1. The molecule has 6 nitrogen and oxygen atoms in total. The Kier molecular flexibility index (Phi) is 6.44. The van der Waals surface area contributed by atoms with Crippen molar-refractivity contribution in [3.05, 3.63) is 53.6 Å². The summed E-state index contributed by atoms with van der Waals surface area (Å²) in [6.07, 6.45) is 3.93. The van der Waals surface area contributed by atoms with Crippen LogP contribution in [-0.4, -0.2) is 49.5 Å². The third kappa shape index (κ3) is 4.38. The first kappa shape index (κ1) is 21.2. The zero-order chi connectivity index (χ0) is 21.8. The van der Waals surface area contributed by atoms with Crippen molar-refractivity contribution >= 4 is 23.2 Å². The zero-order valence-corrected chi connectivity index (χ0v) is 18.4. The second-order valence-electron chi connectivity index (χ2n) is 8.25. The van der Waals surface area contributed by atoms with E-state index in [2.05, 4.69) is 18.3 Å². The molecule has 164 valence electrons. The molecule has 0 saturated carbocycles. The van der Waals surface area contributed by atoms with Crippen LogP contribution in [0.5, 0.6) is 5.75 Å². The average Bonchev–Trinajstić information content (AvgIpc) is 2.82. The number of hydrogen-bond acceptors (Lipinski definition) is 4. The van der Waals surface area contributed by atoms with Gasteiger partial charge in [-0.1, -0.05) is 25.1 Å². The fraction of sp³-hybridized carbons (Fsp3) is 0.440. The Bertz CT molecular complexity index is 951. The molecule has 2 amide bonds. The normalized spacial score (nSPS) is 16.8. The molecule has 2 aliphatic heterocycles. The van der Waals surface area contributed by atoms with Gasteiger partial charge in [0.15, 0.2) is 0 Å². The van der Waals surface area contributed by atoms with Gasteiger partial charge in [-0.05, 0) is 49.4 Å². The summed E-state index contributed by atoms with van der Waals surface area (Å²) in [6, 6.07) is 13.9. The van der Waals surface area contributed by atoms with Gasteiger partial charge in [0, 0.05) is 43.9 Å². The Morgan fingerprint density at radius 1 is 1.13 bits per heavy atom. The van der Waals surface area contributed by atoms with Crippen molar-refractivity contribution in [2.75, 3.05) is 37.0 Å². The topological polar surface area (TPSA) is 61.9 Å². The lowest BCUT2D eigenvalue weighted by atomic mass is 9.95. The summed E-state index contributed by atoms with van der Waals surface area (Å²) < 4.78 is 5.33. The second kappa shape index (κ2) is 9.41. The number of para-hydroxylation sites is 1.